The minimum absolute atomic E-state index is 0.00120. The van der Waals surface area contributed by atoms with E-state index in [-0.39, 0.29) is 36.1 Å². The smallest absolute Gasteiger partial charge is 0.339 e. The number of carbonyl (C=O) groups is 2. The number of azide groups is 1. The maximum Gasteiger partial charge on any atom is 0.339 e. The van der Waals surface area contributed by atoms with Gasteiger partial charge in [0.15, 0.2) is 0 Å². The molecule has 0 aliphatic carbocycles. The number of rotatable bonds is 5. The maximum absolute atomic E-state index is 12.0. The predicted molar refractivity (Wildman–Crippen MR) is 74.4 cm³/mol. The van der Waals surface area contributed by atoms with Gasteiger partial charge < -0.3 is 14.7 Å². The molecule has 1 fully saturated rings. The molecule has 1 heterocycles. The first-order valence-electron chi connectivity index (χ1n) is 6.29. The van der Waals surface area contributed by atoms with Gasteiger partial charge in [-0.1, -0.05) is 5.11 Å². The average Bonchev–Trinajstić information content (AvgIpc) is 2.85. The lowest BCUT2D eigenvalue weighted by Gasteiger charge is -2.18. The van der Waals surface area contributed by atoms with Crippen molar-refractivity contribution in [2.24, 2.45) is 11.0 Å². The number of carbonyl (C=O) groups excluding carboxylic acids is 1. The lowest BCUT2D eigenvalue weighted by Crippen LogP contribution is -2.25. The van der Waals surface area contributed by atoms with E-state index in [1.165, 1.54) is 24.1 Å². The molecule has 1 N–H and O–H groups in total. The fourth-order valence-corrected chi connectivity index (χ4v) is 2.34. The summed E-state index contributed by atoms with van der Waals surface area (Å²) in [6.07, 6.45) is 0.285. The van der Waals surface area contributed by atoms with Crippen molar-refractivity contribution in [2.45, 2.75) is 6.42 Å². The van der Waals surface area contributed by atoms with Crippen LogP contribution in [0, 0.1) is 5.92 Å². The number of nitrogens with zero attached hydrogens (tertiary/aromatic N) is 4. The highest BCUT2D eigenvalue weighted by Gasteiger charge is 2.30. The minimum atomic E-state index is -1.12. The van der Waals surface area contributed by atoms with E-state index in [9.17, 15) is 9.59 Å². The van der Waals surface area contributed by atoms with Gasteiger partial charge in [-0.2, -0.15) is 0 Å². The second kappa shape index (κ2) is 6.15. The molecule has 2 rings (SSSR count). The minimum Gasteiger partial charge on any atom is -0.496 e. The normalized spacial score (nSPS) is 17.5. The van der Waals surface area contributed by atoms with Crippen LogP contribution in [0.4, 0.5) is 5.69 Å². The number of benzene rings is 1. The van der Waals surface area contributed by atoms with Crippen LogP contribution >= 0.6 is 0 Å². The summed E-state index contributed by atoms with van der Waals surface area (Å²) in [5, 5.41) is 12.6. The van der Waals surface area contributed by atoms with E-state index in [2.05, 4.69) is 10.0 Å². The van der Waals surface area contributed by atoms with Crippen LogP contribution in [0.1, 0.15) is 16.8 Å². The van der Waals surface area contributed by atoms with Crippen molar-refractivity contribution < 1.29 is 19.4 Å². The van der Waals surface area contributed by atoms with Crippen LogP contribution in [0.2, 0.25) is 0 Å². The first kappa shape index (κ1) is 14.7. The Kier molecular flexibility index (Phi) is 4.30. The van der Waals surface area contributed by atoms with Gasteiger partial charge in [0.05, 0.1) is 7.11 Å². The zero-order valence-electron chi connectivity index (χ0n) is 11.4. The highest BCUT2D eigenvalue weighted by atomic mass is 16.5. The Hall–Kier alpha value is -2.73. The number of ether oxygens (including phenoxy) is 1. The number of amides is 1. The van der Waals surface area contributed by atoms with E-state index >= 15 is 0 Å². The van der Waals surface area contributed by atoms with Gasteiger partial charge in [0.25, 0.3) is 0 Å². The number of hydrogen-bond acceptors (Lipinski definition) is 4. The molecule has 1 amide bonds. The third-order valence-corrected chi connectivity index (χ3v) is 3.33. The number of hydrogen-bond donors (Lipinski definition) is 1. The number of carboxylic acids is 1. The molecular formula is C13H14N4O4. The van der Waals surface area contributed by atoms with Crippen LogP contribution in [0.15, 0.2) is 23.3 Å². The summed E-state index contributed by atoms with van der Waals surface area (Å²) in [6.45, 7) is 0.657. The Morgan fingerprint density at radius 1 is 1.62 bits per heavy atom. The van der Waals surface area contributed by atoms with Crippen LogP contribution < -0.4 is 9.64 Å². The molecule has 0 radical (unpaired) electrons. The second-order valence-electron chi connectivity index (χ2n) is 4.68. The van der Waals surface area contributed by atoms with Crippen molar-refractivity contribution in [3.8, 4) is 5.75 Å². The summed E-state index contributed by atoms with van der Waals surface area (Å²) in [5.74, 6) is -1.05. The third kappa shape index (κ3) is 3.06. The molecular weight excluding hydrogens is 276 g/mol. The molecule has 21 heavy (non-hydrogen) atoms. The Bertz CT molecular complexity index is 625. The predicted octanol–water partition coefficient (Wildman–Crippen LogP) is 2.06. The van der Waals surface area contributed by atoms with E-state index in [1.54, 1.807) is 6.07 Å². The second-order valence-corrected chi connectivity index (χ2v) is 4.68. The average molecular weight is 290 g/mol. The zero-order chi connectivity index (χ0) is 15.4. The van der Waals surface area contributed by atoms with Crippen LogP contribution in [0.25, 0.3) is 10.4 Å². The molecule has 0 bridgehead atoms. The van der Waals surface area contributed by atoms with E-state index in [1.807, 2.05) is 0 Å². The van der Waals surface area contributed by atoms with Gasteiger partial charge in [-0.25, -0.2) is 4.79 Å². The van der Waals surface area contributed by atoms with Crippen LogP contribution in [0.3, 0.4) is 0 Å². The van der Waals surface area contributed by atoms with Gasteiger partial charge in [-0.15, -0.1) is 0 Å². The van der Waals surface area contributed by atoms with Crippen LogP contribution in [-0.2, 0) is 4.79 Å². The van der Waals surface area contributed by atoms with E-state index in [4.69, 9.17) is 15.4 Å². The lowest BCUT2D eigenvalue weighted by molar-refractivity contribution is -0.117. The zero-order valence-corrected chi connectivity index (χ0v) is 11.4. The van der Waals surface area contributed by atoms with Crippen molar-refractivity contribution >= 4 is 17.6 Å². The standard InChI is InChI=1S/C13H14N4O4/c1-21-11-3-2-9(5-10(11)13(19)20)17-7-8(4-12(17)18)6-15-16-14/h2-3,5,8H,4,6-7H2,1H3,(H,19,20). The van der Waals surface area contributed by atoms with Crippen molar-refractivity contribution in [3.05, 3.63) is 34.2 Å². The van der Waals surface area contributed by atoms with Gasteiger partial charge in [0.1, 0.15) is 11.3 Å². The van der Waals surface area contributed by atoms with Gasteiger partial charge in [-0.3, -0.25) is 4.79 Å². The first-order valence-corrected chi connectivity index (χ1v) is 6.29. The molecule has 8 nitrogen and oxygen atoms in total. The Labute approximate surface area is 120 Å². The number of aromatic carboxylic acids is 1. The van der Waals surface area contributed by atoms with Crippen molar-refractivity contribution in [2.75, 3.05) is 25.1 Å². The molecule has 110 valence electrons. The highest BCUT2D eigenvalue weighted by Crippen LogP contribution is 2.29. The topological polar surface area (TPSA) is 116 Å². The summed E-state index contributed by atoms with van der Waals surface area (Å²) in [5.41, 5.74) is 8.81. The first-order chi connectivity index (χ1) is 10.1. The molecule has 1 unspecified atom stereocenters. The van der Waals surface area contributed by atoms with Gasteiger partial charge in [0.2, 0.25) is 5.91 Å². The SMILES string of the molecule is COc1ccc(N2CC(CN=[N+]=[N-])CC2=O)cc1C(=O)O. The fraction of sp³-hybridized carbons (Fsp3) is 0.385. The largest absolute Gasteiger partial charge is 0.496 e. The quantitative estimate of drug-likeness (QED) is 0.507. The molecule has 1 aromatic rings. The molecule has 8 heteroatoms. The fourth-order valence-electron chi connectivity index (χ4n) is 2.34. The molecule has 1 aromatic carbocycles. The van der Waals surface area contributed by atoms with Crippen LogP contribution in [0.5, 0.6) is 5.75 Å². The Morgan fingerprint density at radius 2 is 2.38 bits per heavy atom. The summed E-state index contributed by atoms with van der Waals surface area (Å²) in [7, 11) is 1.39. The molecule has 1 atom stereocenters. The van der Waals surface area contributed by atoms with Gasteiger partial charge in [0, 0.05) is 30.1 Å². The number of methoxy groups -OCH3 is 1. The van der Waals surface area contributed by atoms with E-state index < -0.39 is 5.97 Å². The molecule has 1 aliphatic rings. The lowest BCUT2D eigenvalue weighted by atomic mass is 10.1. The molecule has 0 saturated carbocycles. The van der Waals surface area contributed by atoms with Crippen molar-refractivity contribution in [3.63, 3.8) is 0 Å². The summed E-state index contributed by atoms with van der Waals surface area (Å²) >= 11 is 0. The molecule has 1 aliphatic heterocycles. The maximum atomic E-state index is 12.0. The van der Waals surface area contributed by atoms with E-state index in [0.29, 0.717) is 12.2 Å². The van der Waals surface area contributed by atoms with Gasteiger partial charge in [-0.05, 0) is 29.6 Å². The van der Waals surface area contributed by atoms with Crippen molar-refractivity contribution in [1.29, 1.82) is 0 Å². The number of carboxylic acid groups (broad SMARTS) is 1. The Balaban J connectivity index is 2.26. The third-order valence-electron chi connectivity index (χ3n) is 3.33. The molecule has 1 saturated heterocycles. The Morgan fingerprint density at radius 3 is 3.00 bits per heavy atom. The summed E-state index contributed by atoms with van der Waals surface area (Å²) in [4.78, 5) is 27.4. The van der Waals surface area contributed by atoms with Crippen LogP contribution in [-0.4, -0.2) is 37.2 Å². The number of anilines is 1. The summed E-state index contributed by atoms with van der Waals surface area (Å²) < 4.78 is 4.99. The van der Waals surface area contributed by atoms with E-state index in [0.717, 1.165) is 0 Å². The van der Waals surface area contributed by atoms with Gasteiger partial charge >= 0.3 is 5.97 Å². The monoisotopic (exact) mass is 290 g/mol. The summed E-state index contributed by atoms with van der Waals surface area (Å²) in [6, 6.07) is 4.57. The highest BCUT2D eigenvalue weighted by molar-refractivity contribution is 5.98. The molecule has 0 aromatic heterocycles. The van der Waals surface area contributed by atoms with Crippen molar-refractivity contribution in [1.82, 2.24) is 0 Å². The molecule has 0 spiro atoms.